The van der Waals surface area contributed by atoms with Gasteiger partial charge in [0.05, 0.1) is 38.8 Å². The van der Waals surface area contributed by atoms with E-state index in [2.05, 4.69) is 32.7 Å². The molecular weight excluding hydrogens is 839 g/mol. The molecule has 12 nitrogen and oxygen atoms in total. The van der Waals surface area contributed by atoms with E-state index in [1.807, 2.05) is 60.7 Å². The lowest BCUT2D eigenvalue weighted by Crippen LogP contribution is -2.67. The van der Waals surface area contributed by atoms with Crippen LogP contribution in [0, 0.1) is 22.7 Å². The van der Waals surface area contributed by atoms with Gasteiger partial charge in [-0.1, -0.05) is 83.3 Å². The number of nitriles is 2. The number of carboxylic acid groups (broad SMARTS) is 1. The first-order valence-electron chi connectivity index (χ1n) is 19.7. The number of aromatic nitrogens is 1. The van der Waals surface area contributed by atoms with Crippen LogP contribution in [-0.4, -0.2) is 65.2 Å². The summed E-state index contributed by atoms with van der Waals surface area (Å²) >= 11 is 20.8. The average Bonchev–Trinajstić information content (AvgIpc) is 3.64. The quantitative estimate of drug-likeness (QED) is 0.0721. The zero-order chi connectivity index (χ0) is 42.9. The molecule has 2 aliphatic heterocycles. The number of hydrogen-bond donors (Lipinski definition) is 3. The van der Waals surface area contributed by atoms with Gasteiger partial charge < -0.3 is 30.0 Å². The Bertz CT molecular complexity index is 2480. The minimum absolute atomic E-state index is 0.000974. The summed E-state index contributed by atoms with van der Waals surface area (Å²) in [6, 6.07) is 29.7. The number of carboxylic acids is 1. The molecule has 0 unspecified atom stereocenters. The molecule has 3 heterocycles. The predicted octanol–water partition coefficient (Wildman–Crippen LogP) is 8.57. The Balaban J connectivity index is 1.02. The van der Waals surface area contributed by atoms with Gasteiger partial charge in [0.25, 0.3) is 0 Å². The zero-order valence-corrected chi connectivity index (χ0v) is 35.2. The number of benzene rings is 4. The third-order valence-electron chi connectivity index (χ3n) is 10.5. The first-order chi connectivity index (χ1) is 29.5. The highest BCUT2D eigenvalue weighted by atomic mass is 35.5. The van der Waals surface area contributed by atoms with Crippen molar-refractivity contribution in [1.29, 1.82) is 10.5 Å². The van der Waals surface area contributed by atoms with Crippen molar-refractivity contribution in [3.05, 3.63) is 128 Å². The molecule has 0 bridgehead atoms. The Morgan fingerprint density at radius 2 is 1.54 bits per heavy atom. The number of carbonyl (C=O) groups excluding carboxylic acids is 1. The molecule has 5 aromatic rings. The Kier molecular flexibility index (Phi) is 13.9. The average molecular weight is 880 g/mol. The molecule has 0 saturated carbocycles. The second-order valence-corrected chi connectivity index (χ2v) is 16.2. The molecule has 15 heteroatoms. The molecular formula is C46H41Cl3N6O6. The minimum atomic E-state index is -0.880. The first kappa shape index (κ1) is 43.2. The number of halogens is 3. The van der Waals surface area contributed by atoms with Crippen LogP contribution in [0.25, 0.3) is 22.3 Å². The molecule has 7 rings (SSSR count). The van der Waals surface area contributed by atoms with Crippen LogP contribution in [0.4, 0.5) is 0 Å². The summed E-state index contributed by atoms with van der Waals surface area (Å²) in [4.78, 5) is 29.5. The number of amides is 1. The summed E-state index contributed by atoms with van der Waals surface area (Å²) in [7, 11) is 0. The van der Waals surface area contributed by atoms with Crippen LogP contribution in [0.5, 0.6) is 17.5 Å². The number of rotatable bonds is 18. The maximum atomic E-state index is 11.6. The van der Waals surface area contributed by atoms with Crippen LogP contribution >= 0.6 is 34.8 Å². The SMILES string of the molecule is N#Cc1cc(C#N)cc(COc2nc(OCc3cccc(-c4cccc(-c5ccc(OCCN6CC7(CCC(=O)N7)C6)cc5)c4Cl)c3Cl)c(Cl)cc2CNCCCC(=O)O)c1. The van der Waals surface area contributed by atoms with Gasteiger partial charge in [-0.05, 0) is 66.9 Å². The van der Waals surface area contributed by atoms with Crippen LogP contribution in [0.1, 0.15) is 53.5 Å². The van der Waals surface area contributed by atoms with Crippen LogP contribution in [-0.2, 0) is 29.3 Å². The fraction of sp³-hybridized carbons (Fsp3) is 0.283. The zero-order valence-electron chi connectivity index (χ0n) is 33.0. The van der Waals surface area contributed by atoms with Gasteiger partial charge in [-0.2, -0.15) is 15.5 Å². The Labute approximate surface area is 368 Å². The van der Waals surface area contributed by atoms with E-state index < -0.39 is 5.97 Å². The molecule has 2 aliphatic rings. The summed E-state index contributed by atoms with van der Waals surface area (Å²) in [6.45, 7) is 3.77. The maximum Gasteiger partial charge on any atom is 0.303 e. The molecule has 4 aromatic carbocycles. The van der Waals surface area contributed by atoms with Gasteiger partial charge in [-0.25, -0.2) is 0 Å². The van der Waals surface area contributed by atoms with Crippen molar-refractivity contribution in [2.75, 3.05) is 32.8 Å². The molecule has 1 aromatic heterocycles. The van der Waals surface area contributed by atoms with E-state index in [-0.39, 0.29) is 54.4 Å². The molecule has 1 amide bonds. The summed E-state index contributed by atoms with van der Waals surface area (Å²) < 4.78 is 18.3. The van der Waals surface area contributed by atoms with Crippen molar-refractivity contribution in [3.8, 4) is 51.9 Å². The molecule has 2 fully saturated rings. The van der Waals surface area contributed by atoms with Crippen molar-refractivity contribution in [2.24, 2.45) is 0 Å². The fourth-order valence-electron chi connectivity index (χ4n) is 7.50. The standard InChI is InChI=1S/C46H41Cl3N6O6/c47-39-21-34(24-52-15-3-8-41(57)58)44(60-25-31-19-29(22-50)18-30(20-31)23-51)53-45(39)61-26-33-4-1-6-37(42(33)48)38-7-2-5-36(43(38)49)32-9-11-35(12-10-32)59-17-16-55-27-46(28-55)14-13-40(56)54-46/h1-2,4-7,9-12,18-21,52H,3,8,13-17,24-28H2,(H,54,56)(H,57,58). The maximum absolute atomic E-state index is 11.6. The molecule has 312 valence electrons. The van der Waals surface area contributed by atoms with Crippen molar-refractivity contribution < 1.29 is 28.9 Å². The van der Waals surface area contributed by atoms with Crippen molar-refractivity contribution in [3.63, 3.8) is 0 Å². The molecule has 61 heavy (non-hydrogen) atoms. The molecule has 1 spiro atoms. The lowest BCUT2D eigenvalue weighted by atomic mass is 9.88. The Morgan fingerprint density at radius 3 is 2.23 bits per heavy atom. The highest BCUT2D eigenvalue weighted by Crippen LogP contribution is 2.41. The second kappa shape index (κ2) is 19.7. The summed E-state index contributed by atoms with van der Waals surface area (Å²) in [5, 5.41) is 35.4. The van der Waals surface area contributed by atoms with E-state index in [9.17, 15) is 20.1 Å². The lowest BCUT2D eigenvalue weighted by molar-refractivity contribution is -0.137. The van der Waals surface area contributed by atoms with E-state index in [1.165, 1.54) is 6.07 Å². The van der Waals surface area contributed by atoms with Gasteiger partial charge in [0, 0.05) is 66.8 Å². The number of hydrogen-bond acceptors (Lipinski definition) is 10. The molecule has 0 atom stereocenters. The summed E-state index contributed by atoms with van der Waals surface area (Å²) in [5.74, 6) is 0.313. The molecule has 2 saturated heterocycles. The van der Waals surface area contributed by atoms with Crippen molar-refractivity contribution in [2.45, 2.75) is 51.0 Å². The Morgan fingerprint density at radius 1 is 0.852 bits per heavy atom. The smallest absolute Gasteiger partial charge is 0.303 e. The molecule has 3 N–H and O–H groups in total. The third-order valence-corrected chi connectivity index (χ3v) is 11.7. The summed E-state index contributed by atoms with van der Waals surface area (Å²) in [5.41, 5.74) is 5.65. The van der Waals surface area contributed by atoms with Crippen LogP contribution in [0.3, 0.4) is 0 Å². The number of likely N-dealkylation sites (tertiary alicyclic amines) is 1. The van der Waals surface area contributed by atoms with Crippen molar-refractivity contribution in [1.82, 2.24) is 20.5 Å². The third kappa shape index (κ3) is 10.7. The molecule has 0 aliphatic carbocycles. The van der Waals surface area contributed by atoms with E-state index in [0.29, 0.717) is 69.4 Å². The summed E-state index contributed by atoms with van der Waals surface area (Å²) in [6.07, 6.45) is 1.96. The van der Waals surface area contributed by atoms with E-state index in [4.69, 9.17) is 54.1 Å². The minimum Gasteiger partial charge on any atom is -0.492 e. The number of carbonyl (C=O) groups is 2. The number of aliphatic carboxylic acids is 1. The lowest BCUT2D eigenvalue weighted by Gasteiger charge is -2.47. The monoisotopic (exact) mass is 878 g/mol. The normalized spacial score (nSPS) is 14.1. The van der Waals surface area contributed by atoms with Gasteiger partial charge in [0.2, 0.25) is 17.7 Å². The predicted molar refractivity (Wildman–Crippen MR) is 232 cm³/mol. The van der Waals surface area contributed by atoms with E-state index in [0.717, 1.165) is 48.5 Å². The second-order valence-electron chi connectivity index (χ2n) is 15.0. The van der Waals surface area contributed by atoms with Gasteiger partial charge in [0.1, 0.15) is 30.6 Å². The Hall–Kier alpha value is -5.86. The number of pyridine rings is 1. The number of nitrogens with one attached hydrogen (secondary N) is 2. The highest BCUT2D eigenvalue weighted by Gasteiger charge is 2.47. The molecule has 0 radical (unpaired) electrons. The van der Waals surface area contributed by atoms with Gasteiger partial charge in [-0.15, -0.1) is 0 Å². The van der Waals surface area contributed by atoms with Crippen LogP contribution in [0.15, 0.2) is 84.9 Å². The van der Waals surface area contributed by atoms with Gasteiger partial charge in [0.15, 0.2) is 0 Å². The topological polar surface area (TPSA) is 170 Å². The van der Waals surface area contributed by atoms with Gasteiger partial charge >= 0.3 is 5.97 Å². The fourth-order valence-corrected chi connectivity index (χ4v) is 8.35. The number of ether oxygens (including phenoxy) is 3. The van der Waals surface area contributed by atoms with E-state index >= 15 is 0 Å². The van der Waals surface area contributed by atoms with E-state index in [1.54, 1.807) is 18.2 Å². The first-order valence-corrected chi connectivity index (χ1v) is 20.8. The largest absolute Gasteiger partial charge is 0.492 e. The van der Waals surface area contributed by atoms with Gasteiger partial charge in [-0.3, -0.25) is 14.5 Å². The van der Waals surface area contributed by atoms with Crippen LogP contribution < -0.4 is 24.8 Å². The number of nitrogens with zero attached hydrogens (tertiary/aromatic N) is 4. The van der Waals surface area contributed by atoms with Crippen molar-refractivity contribution >= 4 is 46.7 Å². The van der Waals surface area contributed by atoms with Crippen LogP contribution in [0.2, 0.25) is 15.1 Å². The highest BCUT2D eigenvalue weighted by molar-refractivity contribution is 6.38.